The van der Waals surface area contributed by atoms with Gasteiger partial charge in [0.25, 0.3) is 0 Å². The maximum atomic E-state index is 11.2. The second-order valence-corrected chi connectivity index (χ2v) is 3.66. The van der Waals surface area contributed by atoms with Gasteiger partial charge in [-0.1, -0.05) is 0 Å². The number of rotatable bonds is 3. The van der Waals surface area contributed by atoms with Crippen molar-refractivity contribution in [3.8, 4) is 0 Å². The third-order valence-corrected chi connectivity index (χ3v) is 2.62. The summed E-state index contributed by atoms with van der Waals surface area (Å²) in [5.74, 6) is 0.745. The third-order valence-electron chi connectivity index (χ3n) is 1.66. The maximum absolute atomic E-state index is 11.2. The van der Waals surface area contributed by atoms with Gasteiger partial charge in [0.05, 0.1) is 12.3 Å². The van der Waals surface area contributed by atoms with E-state index in [0.717, 1.165) is 18.2 Å². The summed E-state index contributed by atoms with van der Waals surface area (Å²) in [6.45, 7) is 0.767. The number of hydrogen-bond donors (Lipinski definition) is 1. The highest BCUT2D eigenvalue weighted by Gasteiger charge is 2.18. The first-order valence-corrected chi connectivity index (χ1v) is 4.93. The Balaban J connectivity index is 2.23. The molecule has 1 aliphatic rings. The summed E-state index contributed by atoms with van der Waals surface area (Å²) < 4.78 is 0. The highest BCUT2D eigenvalue weighted by atomic mass is 32.2. The summed E-state index contributed by atoms with van der Waals surface area (Å²) in [7, 11) is 0. The number of aliphatic carboxylic acids is 1. The molecular formula is C7H11NO3S. The molecule has 1 N–H and O–H groups in total. The number of carboxylic acid groups (broad SMARTS) is 1. The zero-order valence-corrected chi connectivity index (χ0v) is 7.47. The molecule has 0 bridgehead atoms. The molecule has 1 rings (SSSR count). The highest BCUT2D eigenvalue weighted by Crippen LogP contribution is 2.14. The van der Waals surface area contributed by atoms with E-state index in [1.54, 1.807) is 16.7 Å². The normalized spacial score (nSPS) is 16.5. The van der Waals surface area contributed by atoms with E-state index in [0.29, 0.717) is 0 Å². The van der Waals surface area contributed by atoms with Crippen LogP contribution in [0.2, 0.25) is 0 Å². The molecule has 1 aliphatic heterocycles. The van der Waals surface area contributed by atoms with Crippen molar-refractivity contribution in [3.05, 3.63) is 0 Å². The molecule has 0 spiro atoms. The van der Waals surface area contributed by atoms with Crippen molar-refractivity contribution in [2.24, 2.45) is 0 Å². The van der Waals surface area contributed by atoms with E-state index in [2.05, 4.69) is 0 Å². The predicted molar refractivity (Wildman–Crippen MR) is 45.9 cm³/mol. The molecule has 0 aliphatic carbocycles. The largest absolute Gasteiger partial charge is 0.481 e. The summed E-state index contributed by atoms with van der Waals surface area (Å²) in [6.07, 6.45) is 0.0793. The standard InChI is InChI=1S/C7H11NO3S/c9-6(1-2-7(10)11)8-3-4-12-5-8/h1-5H2,(H,10,11). The van der Waals surface area contributed by atoms with Gasteiger partial charge < -0.3 is 10.0 Å². The Morgan fingerprint density at radius 1 is 1.42 bits per heavy atom. The van der Waals surface area contributed by atoms with E-state index in [1.807, 2.05) is 0 Å². The Morgan fingerprint density at radius 2 is 2.17 bits per heavy atom. The van der Waals surface area contributed by atoms with Gasteiger partial charge in [0.2, 0.25) is 5.91 Å². The molecule has 1 saturated heterocycles. The maximum Gasteiger partial charge on any atom is 0.303 e. The van der Waals surface area contributed by atoms with Crippen LogP contribution in [-0.2, 0) is 9.59 Å². The highest BCUT2D eigenvalue weighted by molar-refractivity contribution is 7.99. The topological polar surface area (TPSA) is 57.6 Å². The fraction of sp³-hybridized carbons (Fsp3) is 0.714. The zero-order chi connectivity index (χ0) is 8.97. The Hall–Kier alpha value is -0.710. The van der Waals surface area contributed by atoms with Crippen LogP contribution in [0.5, 0.6) is 0 Å². The van der Waals surface area contributed by atoms with E-state index < -0.39 is 5.97 Å². The minimum atomic E-state index is -0.907. The molecule has 12 heavy (non-hydrogen) atoms. The van der Waals surface area contributed by atoms with Crippen molar-refractivity contribution in [1.82, 2.24) is 4.90 Å². The number of hydrogen-bond acceptors (Lipinski definition) is 3. The van der Waals surface area contributed by atoms with Crippen LogP contribution in [0.1, 0.15) is 12.8 Å². The van der Waals surface area contributed by atoms with Gasteiger partial charge >= 0.3 is 5.97 Å². The summed E-state index contributed by atoms with van der Waals surface area (Å²) >= 11 is 1.70. The molecule has 1 amide bonds. The Kier molecular flexibility index (Phi) is 3.40. The number of carbonyl (C=O) groups is 2. The Morgan fingerprint density at radius 3 is 2.67 bits per heavy atom. The first kappa shape index (κ1) is 9.38. The van der Waals surface area contributed by atoms with Crippen molar-refractivity contribution in [2.45, 2.75) is 12.8 Å². The summed E-state index contributed by atoms with van der Waals surface area (Å²) in [5, 5.41) is 8.33. The lowest BCUT2D eigenvalue weighted by atomic mass is 10.3. The number of carboxylic acids is 1. The van der Waals surface area contributed by atoms with Gasteiger partial charge in [-0.15, -0.1) is 11.8 Å². The van der Waals surface area contributed by atoms with Crippen molar-refractivity contribution in [3.63, 3.8) is 0 Å². The monoisotopic (exact) mass is 189 g/mol. The zero-order valence-electron chi connectivity index (χ0n) is 6.65. The van der Waals surface area contributed by atoms with Crippen LogP contribution in [0.3, 0.4) is 0 Å². The number of nitrogens with zero attached hydrogens (tertiary/aromatic N) is 1. The number of carbonyl (C=O) groups excluding carboxylic acids is 1. The number of thioether (sulfide) groups is 1. The summed E-state index contributed by atoms with van der Waals surface area (Å²) in [6, 6.07) is 0. The predicted octanol–water partition coefficient (Wildman–Crippen LogP) is 0.384. The molecular weight excluding hydrogens is 178 g/mol. The molecule has 0 unspecified atom stereocenters. The Labute approximate surface area is 74.9 Å². The molecule has 1 heterocycles. The minimum absolute atomic E-state index is 0.0394. The fourth-order valence-corrected chi connectivity index (χ4v) is 1.95. The molecule has 1 fully saturated rings. The van der Waals surface area contributed by atoms with Crippen LogP contribution < -0.4 is 0 Å². The molecule has 0 aromatic rings. The van der Waals surface area contributed by atoms with Gasteiger partial charge in [-0.05, 0) is 0 Å². The third kappa shape index (κ3) is 2.73. The van der Waals surface area contributed by atoms with Gasteiger partial charge in [-0.2, -0.15) is 0 Å². The first-order valence-electron chi connectivity index (χ1n) is 3.77. The Bertz CT molecular complexity index is 189. The van der Waals surface area contributed by atoms with Crippen LogP contribution in [0.15, 0.2) is 0 Å². The number of amides is 1. The quantitative estimate of drug-likeness (QED) is 0.697. The fourth-order valence-electron chi connectivity index (χ4n) is 0.983. The average Bonchev–Trinajstić information content (AvgIpc) is 2.51. The van der Waals surface area contributed by atoms with E-state index >= 15 is 0 Å². The molecule has 4 nitrogen and oxygen atoms in total. The molecule has 0 saturated carbocycles. The van der Waals surface area contributed by atoms with E-state index in [-0.39, 0.29) is 18.7 Å². The molecule has 0 radical (unpaired) electrons. The molecule has 0 aromatic heterocycles. The van der Waals surface area contributed by atoms with Crippen molar-refractivity contribution < 1.29 is 14.7 Å². The SMILES string of the molecule is O=C(O)CCC(=O)N1CCSC1. The lowest BCUT2D eigenvalue weighted by molar-refractivity contribution is -0.140. The van der Waals surface area contributed by atoms with E-state index in [9.17, 15) is 9.59 Å². The van der Waals surface area contributed by atoms with Gasteiger partial charge in [0, 0.05) is 18.7 Å². The van der Waals surface area contributed by atoms with Gasteiger partial charge in [0.15, 0.2) is 0 Å². The average molecular weight is 189 g/mol. The molecule has 0 atom stereocenters. The first-order chi connectivity index (χ1) is 5.70. The summed E-state index contributed by atoms with van der Waals surface area (Å²) in [5.41, 5.74) is 0. The molecule has 0 aromatic carbocycles. The van der Waals surface area contributed by atoms with Gasteiger partial charge in [-0.3, -0.25) is 9.59 Å². The van der Waals surface area contributed by atoms with Crippen LogP contribution in [-0.4, -0.2) is 40.1 Å². The van der Waals surface area contributed by atoms with E-state index in [1.165, 1.54) is 0 Å². The van der Waals surface area contributed by atoms with Crippen molar-refractivity contribution in [1.29, 1.82) is 0 Å². The molecule has 5 heteroatoms. The lowest BCUT2D eigenvalue weighted by Crippen LogP contribution is -2.27. The smallest absolute Gasteiger partial charge is 0.303 e. The summed E-state index contributed by atoms with van der Waals surface area (Å²) in [4.78, 5) is 23.0. The second kappa shape index (κ2) is 4.35. The molecule has 68 valence electrons. The van der Waals surface area contributed by atoms with Crippen molar-refractivity contribution >= 4 is 23.6 Å². The van der Waals surface area contributed by atoms with Crippen LogP contribution in [0, 0.1) is 0 Å². The van der Waals surface area contributed by atoms with Crippen molar-refractivity contribution in [2.75, 3.05) is 18.2 Å². The van der Waals surface area contributed by atoms with Crippen LogP contribution in [0.25, 0.3) is 0 Å². The van der Waals surface area contributed by atoms with Gasteiger partial charge in [0.1, 0.15) is 0 Å². The van der Waals surface area contributed by atoms with E-state index in [4.69, 9.17) is 5.11 Å². The van der Waals surface area contributed by atoms with Crippen LogP contribution in [0.4, 0.5) is 0 Å². The van der Waals surface area contributed by atoms with Gasteiger partial charge in [-0.25, -0.2) is 0 Å². The van der Waals surface area contributed by atoms with Crippen LogP contribution >= 0.6 is 11.8 Å². The lowest BCUT2D eigenvalue weighted by Gasteiger charge is -2.12. The minimum Gasteiger partial charge on any atom is -0.481 e. The second-order valence-electron chi connectivity index (χ2n) is 2.59.